The summed E-state index contributed by atoms with van der Waals surface area (Å²) in [6, 6.07) is 5.13. The average molecular weight is 331 g/mol. The number of ether oxygens (including phenoxy) is 1. The number of hydrogen-bond acceptors (Lipinski definition) is 3. The highest BCUT2D eigenvalue weighted by Gasteiger charge is 2.24. The van der Waals surface area contributed by atoms with E-state index in [2.05, 4.69) is 17.1 Å². The van der Waals surface area contributed by atoms with E-state index in [1.165, 1.54) is 25.3 Å². The Balaban J connectivity index is 0.00000242. The van der Waals surface area contributed by atoms with Crippen LogP contribution in [0.2, 0.25) is 0 Å². The van der Waals surface area contributed by atoms with E-state index in [-0.39, 0.29) is 24.3 Å². The molecule has 2 rings (SSSR count). The molecule has 126 valence electrons. The number of unbranched alkanes of at least 4 members (excludes halogenated alkanes) is 2. The van der Waals surface area contributed by atoms with Gasteiger partial charge in [-0.3, -0.25) is 4.90 Å². The van der Waals surface area contributed by atoms with Gasteiger partial charge in [-0.2, -0.15) is 0 Å². The number of rotatable bonds is 7. The van der Waals surface area contributed by atoms with Crippen LogP contribution in [0.5, 0.6) is 5.75 Å². The molecule has 22 heavy (non-hydrogen) atoms. The van der Waals surface area contributed by atoms with Crippen molar-refractivity contribution in [3.63, 3.8) is 0 Å². The highest BCUT2D eigenvalue weighted by Crippen LogP contribution is 2.34. The van der Waals surface area contributed by atoms with Gasteiger partial charge in [0.05, 0.1) is 7.11 Å². The lowest BCUT2D eigenvalue weighted by molar-refractivity contribution is 0.159. The molecule has 0 amide bonds. The fourth-order valence-electron chi connectivity index (χ4n) is 3.08. The summed E-state index contributed by atoms with van der Waals surface area (Å²) in [5, 5.41) is 3.38. The van der Waals surface area contributed by atoms with Crippen molar-refractivity contribution >= 4 is 12.4 Å². The van der Waals surface area contributed by atoms with Crippen molar-refractivity contribution in [1.29, 1.82) is 0 Å². The lowest BCUT2D eigenvalue weighted by atomic mass is 9.97. The Labute approximate surface area is 139 Å². The number of hydrogen-bond donors (Lipinski definition) is 1. The number of methoxy groups -OCH3 is 1. The van der Waals surface area contributed by atoms with Crippen LogP contribution in [0.25, 0.3) is 0 Å². The molecule has 1 saturated heterocycles. The van der Waals surface area contributed by atoms with Crippen LogP contribution >= 0.6 is 12.4 Å². The zero-order chi connectivity index (χ0) is 15.1. The van der Waals surface area contributed by atoms with E-state index >= 15 is 0 Å². The van der Waals surface area contributed by atoms with Gasteiger partial charge in [0.1, 0.15) is 11.6 Å². The summed E-state index contributed by atoms with van der Waals surface area (Å²) >= 11 is 0. The summed E-state index contributed by atoms with van der Waals surface area (Å²) in [6.07, 6.45) is 4.66. The van der Waals surface area contributed by atoms with Crippen LogP contribution in [0.3, 0.4) is 0 Å². The lowest BCUT2D eigenvalue weighted by Gasteiger charge is -2.36. The number of halogens is 2. The predicted octanol–water partition coefficient (Wildman–Crippen LogP) is 3.78. The Morgan fingerprint density at radius 3 is 2.64 bits per heavy atom. The average Bonchev–Trinajstić information content (AvgIpc) is 2.52. The molecule has 5 heteroatoms. The molecule has 3 nitrogen and oxygen atoms in total. The first-order valence-corrected chi connectivity index (χ1v) is 8.04. The standard InChI is InChI=1S/C17H27FN2O.ClH/c1-3-4-5-6-16(20-11-9-19-10-12-20)15-13-14(18)7-8-17(15)21-2;/h7-8,13,16,19H,3-6,9-12H2,1-2H3;1H/t16-;/m0./s1. The highest BCUT2D eigenvalue weighted by atomic mass is 35.5. The van der Waals surface area contributed by atoms with E-state index in [0.29, 0.717) is 0 Å². The quantitative estimate of drug-likeness (QED) is 0.770. The molecule has 0 spiro atoms. The Morgan fingerprint density at radius 2 is 2.00 bits per heavy atom. The summed E-state index contributed by atoms with van der Waals surface area (Å²) in [5.74, 6) is 0.623. The third-order valence-electron chi connectivity index (χ3n) is 4.22. The minimum Gasteiger partial charge on any atom is -0.496 e. The normalized spacial score (nSPS) is 16.9. The van der Waals surface area contributed by atoms with Gasteiger partial charge in [0.2, 0.25) is 0 Å². The fourth-order valence-corrected chi connectivity index (χ4v) is 3.08. The second-order valence-electron chi connectivity index (χ2n) is 5.68. The van der Waals surface area contributed by atoms with Gasteiger partial charge in [0.15, 0.2) is 0 Å². The Morgan fingerprint density at radius 1 is 1.27 bits per heavy atom. The first-order chi connectivity index (χ1) is 10.3. The molecule has 1 heterocycles. The van der Waals surface area contributed by atoms with Gasteiger partial charge < -0.3 is 10.1 Å². The second kappa shape index (κ2) is 10.0. The fraction of sp³-hybridized carbons (Fsp3) is 0.647. The van der Waals surface area contributed by atoms with Crippen molar-refractivity contribution in [2.45, 2.75) is 38.6 Å². The summed E-state index contributed by atoms with van der Waals surface area (Å²) < 4.78 is 19.2. The molecule has 1 fully saturated rings. The highest BCUT2D eigenvalue weighted by molar-refractivity contribution is 5.85. The van der Waals surface area contributed by atoms with Gasteiger partial charge >= 0.3 is 0 Å². The van der Waals surface area contributed by atoms with Gasteiger partial charge in [-0.05, 0) is 24.6 Å². The molecule has 0 unspecified atom stereocenters. The summed E-state index contributed by atoms with van der Waals surface area (Å²) in [5.41, 5.74) is 0.996. The van der Waals surface area contributed by atoms with Crippen LogP contribution in [0.15, 0.2) is 18.2 Å². The van der Waals surface area contributed by atoms with Crippen LogP contribution in [-0.4, -0.2) is 38.2 Å². The van der Waals surface area contributed by atoms with E-state index in [0.717, 1.165) is 43.9 Å². The zero-order valence-electron chi connectivity index (χ0n) is 13.6. The van der Waals surface area contributed by atoms with E-state index in [1.54, 1.807) is 19.2 Å². The molecule has 0 radical (unpaired) electrons. The summed E-state index contributed by atoms with van der Waals surface area (Å²) in [4.78, 5) is 2.46. The third-order valence-corrected chi connectivity index (χ3v) is 4.22. The van der Waals surface area contributed by atoms with Crippen molar-refractivity contribution in [3.05, 3.63) is 29.6 Å². The second-order valence-corrected chi connectivity index (χ2v) is 5.68. The third kappa shape index (κ3) is 5.11. The molecular formula is C17H28ClFN2O. The SMILES string of the molecule is CCCCC[C@@H](c1cc(F)ccc1OC)N1CCNCC1.Cl. The number of piperazine rings is 1. The zero-order valence-corrected chi connectivity index (χ0v) is 14.4. The first-order valence-electron chi connectivity index (χ1n) is 8.04. The molecule has 1 aromatic rings. The number of benzene rings is 1. The van der Waals surface area contributed by atoms with Gasteiger partial charge in [0, 0.05) is 37.8 Å². The molecule has 1 aromatic carbocycles. The Kier molecular flexibility index (Phi) is 8.76. The maximum Gasteiger partial charge on any atom is 0.123 e. The molecule has 1 atom stereocenters. The van der Waals surface area contributed by atoms with Crippen LogP contribution in [0, 0.1) is 5.82 Å². The van der Waals surface area contributed by atoms with Crippen molar-refractivity contribution in [3.8, 4) is 5.75 Å². The Hall–Kier alpha value is -0.840. The molecule has 1 aliphatic heterocycles. The molecule has 0 aromatic heterocycles. The molecule has 0 saturated carbocycles. The minimum absolute atomic E-state index is 0. The minimum atomic E-state index is -0.179. The Bertz CT molecular complexity index is 439. The molecule has 1 aliphatic rings. The topological polar surface area (TPSA) is 24.5 Å². The van der Waals surface area contributed by atoms with Gasteiger partial charge in [-0.1, -0.05) is 26.2 Å². The molecule has 1 N–H and O–H groups in total. The van der Waals surface area contributed by atoms with Gasteiger partial charge in [-0.15, -0.1) is 12.4 Å². The maximum atomic E-state index is 13.7. The van der Waals surface area contributed by atoms with E-state index in [4.69, 9.17) is 4.74 Å². The van der Waals surface area contributed by atoms with Crippen LogP contribution < -0.4 is 10.1 Å². The van der Waals surface area contributed by atoms with Gasteiger partial charge in [-0.25, -0.2) is 4.39 Å². The van der Waals surface area contributed by atoms with E-state index < -0.39 is 0 Å². The maximum absolute atomic E-state index is 13.7. The van der Waals surface area contributed by atoms with Crippen molar-refractivity contribution in [1.82, 2.24) is 10.2 Å². The van der Waals surface area contributed by atoms with Crippen molar-refractivity contribution in [2.24, 2.45) is 0 Å². The smallest absolute Gasteiger partial charge is 0.123 e. The number of nitrogens with zero attached hydrogens (tertiary/aromatic N) is 1. The number of nitrogens with one attached hydrogen (secondary N) is 1. The van der Waals surface area contributed by atoms with Crippen LogP contribution in [0.1, 0.15) is 44.2 Å². The van der Waals surface area contributed by atoms with Gasteiger partial charge in [0.25, 0.3) is 0 Å². The summed E-state index contributed by atoms with van der Waals surface area (Å²) in [7, 11) is 1.66. The van der Waals surface area contributed by atoms with Crippen LogP contribution in [0.4, 0.5) is 4.39 Å². The molecule has 0 bridgehead atoms. The largest absolute Gasteiger partial charge is 0.496 e. The van der Waals surface area contributed by atoms with E-state index in [9.17, 15) is 4.39 Å². The monoisotopic (exact) mass is 330 g/mol. The van der Waals surface area contributed by atoms with Crippen molar-refractivity contribution < 1.29 is 9.13 Å². The van der Waals surface area contributed by atoms with Crippen LogP contribution in [-0.2, 0) is 0 Å². The molecule has 0 aliphatic carbocycles. The molecular weight excluding hydrogens is 303 g/mol. The lowest BCUT2D eigenvalue weighted by Crippen LogP contribution is -2.45. The first kappa shape index (κ1) is 19.2. The van der Waals surface area contributed by atoms with E-state index in [1.807, 2.05) is 0 Å². The predicted molar refractivity (Wildman–Crippen MR) is 91.5 cm³/mol. The van der Waals surface area contributed by atoms with Crippen molar-refractivity contribution in [2.75, 3.05) is 33.3 Å². The summed E-state index contributed by atoms with van der Waals surface area (Å²) in [6.45, 7) is 6.24.